The molecule has 6 heteroatoms. The lowest BCUT2D eigenvalue weighted by molar-refractivity contribution is 0.0587. The lowest BCUT2D eigenvalue weighted by Gasteiger charge is -2.20. The first-order valence-electron chi connectivity index (χ1n) is 7.33. The van der Waals surface area contributed by atoms with Crippen LogP contribution in [0.5, 0.6) is 0 Å². The predicted molar refractivity (Wildman–Crippen MR) is 89.0 cm³/mol. The Hall–Kier alpha value is -2.86. The molecule has 2 N–H and O–H groups in total. The number of nitrogens with one attached hydrogen (secondary N) is 1. The Balaban J connectivity index is 2.41. The van der Waals surface area contributed by atoms with E-state index in [2.05, 4.69) is 5.32 Å². The van der Waals surface area contributed by atoms with Crippen LogP contribution in [-0.4, -0.2) is 37.9 Å². The van der Waals surface area contributed by atoms with Crippen LogP contribution in [0.15, 0.2) is 48.5 Å². The number of rotatable bonds is 6. The van der Waals surface area contributed by atoms with Gasteiger partial charge in [-0.15, -0.1) is 0 Å². The first-order valence-corrected chi connectivity index (χ1v) is 7.33. The summed E-state index contributed by atoms with van der Waals surface area (Å²) in [6.07, 6.45) is 0. The molecule has 0 aromatic heterocycles. The zero-order chi connectivity index (χ0) is 17.5. The Kier molecular flexibility index (Phi) is 5.92. The third-order valence-corrected chi connectivity index (χ3v) is 3.56. The lowest BCUT2D eigenvalue weighted by Crippen LogP contribution is -2.18. The highest BCUT2D eigenvalue weighted by Crippen LogP contribution is 2.25. The van der Waals surface area contributed by atoms with Crippen LogP contribution in [0.3, 0.4) is 0 Å². The summed E-state index contributed by atoms with van der Waals surface area (Å²) in [5, 5.41) is 12.8. The zero-order valence-electron chi connectivity index (χ0n) is 13.5. The first-order chi connectivity index (χ1) is 11.6. The fraction of sp³-hybridized carbons (Fsp3) is 0.222. The predicted octanol–water partition coefficient (Wildman–Crippen LogP) is 2.41. The highest BCUT2D eigenvalue weighted by atomic mass is 16.5. The maximum absolute atomic E-state index is 12.0. The number of esters is 2. The highest BCUT2D eigenvalue weighted by Gasteiger charge is 2.18. The molecule has 2 rings (SSSR count). The topological polar surface area (TPSA) is 84.9 Å². The van der Waals surface area contributed by atoms with E-state index in [0.29, 0.717) is 5.69 Å². The van der Waals surface area contributed by atoms with Crippen LogP contribution >= 0.6 is 0 Å². The molecule has 1 unspecified atom stereocenters. The molecule has 1 atom stereocenters. The number of ether oxygens (including phenoxy) is 2. The van der Waals surface area contributed by atoms with Gasteiger partial charge in [0.15, 0.2) is 0 Å². The van der Waals surface area contributed by atoms with Crippen LogP contribution in [0.4, 0.5) is 5.69 Å². The van der Waals surface area contributed by atoms with Crippen molar-refractivity contribution in [3.05, 3.63) is 65.2 Å². The van der Waals surface area contributed by atoms with Crippen LogP contribution < -0.4 is 5.32 Å². The molecule has 2 aromatic carbocycles. The van der Waals surface area contributed by atoms with E-state index >= 15 is 0 Å². The summed E-state index contributed by atoms with van der Waals surface area (Å²) in [5.74, 6) is -1.06. The van der Waals surface area contributed by atoms with E-state index in [4.69, 9.17) is 9.47 Å². The second-order valence-electron chi connectivity index (χ2n) is 5.03. The molecule has 0 saturated heterocycles. The molecule has 0 spiro atoms. The van der Waals surface area contributed by atoms with Gasteiger partial charge in [0.05, 0.1) is 43.7 Å². The Bertz CT molecular complexity index is 715. The van der Waals surface area contributed by atoms with Crippen molar-refractivity contribution in [2.24, 2.45) is 0 Å². The number of carbonyl (C=O) groups is 2. The minimum Gasteiger partial charge on any atom is -0.465 e. The molecule has 0 radical (unpaired) electrons. The highest BCUT2D eigenvalue weighted by molar-refractivity contribution is 5.99. The van der Waals surface area contributed by atoms with Crippen molar-refractivity contribution in [2.75, 3.05) is 26.1 Å². The molecule has 0 saturated carbocycles. The number of carbonyl (C=O) groups excluding carboxylic acids is 2. The van der Waals surface area contributed by atoms with Gasteiger partial charge in [-0.2, -0.15) is 0 Å². The van der Waals surface area contributed by atoms with Crippen LogP contribution in [0.1, 0.15) is 32.3 Å². The molecule has 126 valence electrons. The maximum Gasteiger partial charge on any atom is 0.339 e. The van der Waals surface area contributed by atoms with Crippen molar-refractivity contribution in [1.29, 1.82) is 0 Å². The minimum absolute atomic E-state index is 0.187. The Morgan fingerprint density at radius 1 is 1.04 bits per heavy atom. The van der Waals surface area contributed by atoms with Gasteiger partial charge in [0.2, 0.25) is 0 Å². The van der Waals surface area contributed by atoms with Gasteiger partial charge in [-0.25, -0.2) is 9.59 Å². The van der Waals surface area contributed by atoms with Crippen molar-refractivity contribution in [3.63, 3.8) is 0 Å². The molecular weight excluding hydrogens is 310 g/mol. The second-order valence-corrected chi connectivity index (χ2v) is 5.03. The monoisotopic (exact) mass is 329 g/mol. The summed E-state index contributed by atoms with van der Waals surface area (Å²) in [4.78, 5) is 23.7. The fourth-order valence-electron chi connectivity index (χ4n) is 2.30. The molecule has 0 aliphatic rings. The number of hydrogen-bond acceptors (Lipinski definition) is 6. The Morgan fingerprint density at radius 3 is 2.29 bits per heavy atom. The lowest BCUT2D eigenvalue weighted by atomic mass is 10.0. The van der Waals surface area contributed by atoms with Crippen LogP contribution in [0.25, 0.3) is 0 Å². The van der Waals surface area contributed by atoms with Gasteiger partial charge < -0.3 is 19.9 Å². The van der Waals surface area contributed by atoms with Crippen molar-refractivity contribution in [3.8, 4) is 0 Å². The molecule has 0 aliphatic heterocycles. The molecule has 0 heterocycles. The average molecular weight is 329 g/mol. The van der Waals surface area contributed by atoms with Gasteiger partial charge in [0.25, 0.3) is 0 Å². The van der Waals surface area contributed by atoms with Gasteiger partial charge in [0, 0.05) is 0 Å². The quantitative estimate of drug-likeness (QED) is 0.792. The third-order valence-electron chi connectivity index (χ3n) is 3.56. The number of anilines is 1. The van der Waals surface area contributed by atoms with E-state index < -0.39 is 18.0 Å². The number of methoxy groups -OCH3 is 2. The van der Waals surface area contributed by atoms with Gasteiger partial charge in [0.1, 0.15) is 0 Å². The minimum atomic E-state index is -0.543. The standard InChI is InChI=1S/C18H19NO5/c1-23-17(21)13-8-9-14(18(22)24-2)15(10-13)19-16(11-20)12-6-4-3-5-7-12/h3-10,16,19-20H,11H2,1-2H3. The van der Waals surface area contributed by atoms with Crippen LogP contribution in [-0.2, 0) is 9.47 Å². The summed E-state index contributed by atoms with van der Waals surface area (Å²) >= 11 is 0. The van der Waals surface area contributed by atoms with Gasteiger partial charge in [-0.3, -0.25) is 0 Å². The summed E-state index contributed by atoms with van der Waals surface area (Å²) in [6.45, 7) is -0.187. The van der Waals surface area contributed by atoms with E-state index in [1.165, 1.54) is 32.4 Å². The third kappa shape index (κ3) is 3.91. The first kappa shape index (κ1) is 17.5. The molecule has 2 aromatic rings. The van der Waals surface area contributed by atoms with E-state index in [1.54, 1.807) is 0 Å². The number of aliphatic hydroxyl groups excluding tert-OH is 1. The summed E-state index contributed by atoms with van der Waals surface area (Å²) in [7, 11) is 2.56. The Morgan fingerprint density at radius 2 is 1.71 bits per heavy atom. The zero-order valence-corrected chi connectivity index (χ0v) is 13.5. The van der Waals surface area contributed by atoms with Gasteiger partial charge in [-0.05, 0) is 23.8 Å². The largest absolute Gasteiger partial charge is 0.465 e. The maximum atomic E-state index is 12.0. The van der Waals surface area contributed by atoms with Gasteiger partial charge >= 0.3 is 11.9 Å². The molecule has 6 nitrogen and oxygen atoms in total. The van der Waals surface area contributed by atoms with Gasteiger partial charge in [-0.1, -0.05) is 30.3 Å². The summed E-state index contributed by atoms with van der Waals surface area (Å²) in [5.41, 5.74) is 1.78. The van der Waals surface area contributed by atoms with E-state index in [-0.39, 0.29) is 17.7 Å². The average Bonchev–Trinajstić information content (AvgIpc) is 2.65. The van der Waals surface area contributed by atoms with Crippen molar-refractivity contribution in [1.82, 2.24) is 0 Å². The van der Waals surface area contributed by atoms with Crippen LogP contribution in [0, 0.1) is 0 Å². The number of aliphatic hydroxyl groups is 1. The van der Waals surface area contributed by atoms with Crippen molar-refractivity contribution >= 4 is 17.6 Å². The normalized spacial score (nSPS) is 11.5. The molecule has 0 bridgehead atoms. The molecular formula is C18H19NO5. The number of hydrogen-bond donors (Lipinski definition) is 2. The summed E-state index contributed by atoms with van der Waals surface area (Å²) < 4.78 is 9.47. The molecule has 0 aliphatic carbocycles. The molecule has 0 fully saturated rings. The summed E-state index contributed by atoms with van der Waals surface area (Å²) in [6, 6.07) is 13.3. The molecule has 24 heavy (non-hydrogen) atoms. The SMILES string of the molecule is COC(=O)c1ccc(C(=O)OC)c(NC(CO)c2ccccc2)c1. The van der Waals surface area contributed by atoms with E-state index in [0.717, 1.165) is 5.56 Å². The van der Waals surface area contributed by atoms with E-state index in [1.807, 2.05) is 30.3 Å². The van der Waals surface area contributed by atoms with Crippen LogP contribution in [0.2, 0.25) is 0 Å². The Labute approximate surface area is 140 Å². The van der Waals surface area contributed by atoms with E-state index in [9.17, 15) is 14.7 Å². The molecule has 0 amide bonds. The second kappa shape index (κ2) is 8.12. The smallest absolute Gasteiger partial charge is 0.339 e. The fourth-order valence-corrected chi connectivity index (χ4v) is 2.30. The van der Waals surface area contributed by atoms with Crippen molar-refractivity contribution in [2.45, 2.75) is 6.04 Å². The van der Waals surface area contributed by atoms with Crippen molar-refractivity contribution < 1.29 is 24.2 Å². The number of benzene rings is 2.